The average Bonchev–Trinajstić information content (AvgIpc) is 3.42. The first-order valence-corrected chi connectivity index (χ1v) is 12.4. The first-order valence-electron chi connectivity index (χ1n) is 10.4. The number of carbonyl (C=O) groups is 2. The third-order valence-electron chi connectivity index (χ3n) is 5.00. The molecule has 1 fully saturated rings. The fraction of sp³-hybridized carbons (Fsp3) is 0.160. The van der Waals surface area contributed by atoms with Crippen LogP contribution >= 0.6 is 39.3 Å². The number of thioether (sulfide) groups is 1. The fourth-order valence-corrected chi connectivity index (χ4v) is 4.87. The molecule has 0 aliphatic carbocycles. The zero-order valence-electron chi connectivity index (χ0n) is 18.8. The smallest absolute Gasteiger partial charge is 0.339 e. The number of halogens is 2. The Morgan fingerprint density at radius 3 is 2.77 bits per heavy atom. The van der Waals surface area contributed by atoms with Crippen molar-refractivity contribution in [2.24, 2.45) is 4.99 Å². The SMILES string of the molecule is COCCN1C(=O)/C(=C\c2ccc(-c3ccc(Cl)c(C(=O)OC)c3)o2)SC1=Nc1cccc(Br)c1. The van der Waals surface area contributed by atoms with Crippen LogP contribution in [0.15, 0.2) is 73.4 Å². The van der Waals surface area contributed by atoms with Crippen LogP contribution in [0.3, 0.4) is 0 Å². The van der Waals surface area contributed by atoms with E-state index in [1.807, 2.05) is 24.3 Å². The van der Waals surface area contributed by atoms with Crippen LogP contribution in [0, 0.1) is 0 Å². The first kappa shape index (κ1) is 25.2. The predicted molar refractivity (Wildman–Crippen MR) is 141 cm³/mol. The van der Waals surface area contributed by atoms with Crippen LogP contribution < -0.4 is 0 Å². The minimum Gasteiger partial charge on any atom is -0.465 e. The summed E-state index contributed by atoms with van der Waals surface area (Å²) in [5.41, 5.74) is 1.62. The van der Waals surface area contributed by atoms with Crippen molar-refractivity contribution in [2.75, 3.05) is 27.4 Å². The van der Waals surface area contributed by atoms with Gasteiger partial charge in [0.05, 0.1) is 41.4 Å². The summed E-state index contributed by atoms with van der Waals surface area (Å²) >= 11 is 10.8. The number of amides is 1. The second-order valence-corrected chi connectivity index (χ2v) is 9.65. The number of esters is 1. The van der Waals surface area contributed by atoms with E-state index in [4.69, 9.17) is 25.5 Å². The van der Waals surface area contributed by atoms with Crippen LogP contribution in [0.5, 0.6) is 0 Å². The number of furan rings is 1. The van der Waals surface area contributed by atoms with Crippen molar-refractivity contribution in [2.45, 2.75) is 0 Å². The lowest BCUT2D eigenvalue weighted by atomic mass is 10.1. The van der Waals surface area contributed by atoms with Crippen molar-refractivity contribution in [3.63, 3.8) is 0 Å². The molecule has 7 nitrogen and oxygen atoms in total. The van der Waals surface area contributed by atoms with Gasteiger partial charge in [-0.3, -0.25) is 9.69 Å². The van der Waals surface area contributed by atoms with Crippen molar-refractivity contribution in [3.8, 4) is 11.3 Å². The standard InChI is InChI=1S/C25H20BrClN2O5S/c1-32-11-10-29-23(30)22(35-25(29)28-17-5-3-4-16(26)13-17)14-18-7-9-21(34-18)15-6-8-20(27)19(12-15)24(31)33-2/h3-9,12-14H,10-11H2,1-2H3/b22-14+,28-25?. The summed E-state index contributed by atoms with van der Waals surface area (Å²) in [6.45, 7) is 0.748. The van der Waals surface area contributed by atoms with Gasteiger partial charge in [0, 0.05) is 23.2 Å². The van der Waals surface area contributed by atoms with Crippen molar-refractivity contribution < 1.29 is 23.5 Å². The summed E-state index contributed by atoms with van der Waals surface area (Å²) in [5.74, 6) is 0.291. The number of carbonyl (C=O) groups excluding carboxylic acids is 2. The Morgan fingerprint density at radius 2 is 2.03 bits per heavy atom. The third-order valence-corrected chi connectivity index (χ3v) is 6.83. The Bertz CT molecular complexity index is 1340. The lowest BCUT2D eigenvalue weighted by Crippen LogP contribution is -2.32. The van der Waals surface area contributed by atoms with Crippen molar-refractivity contribution in [1.82, 2.24) is 4.90 Å². The molecule has 0 saturated carbocycles. The summed E-state index contributed by atoms with van der Waals surface area (Å²) in [6, 6.07) is 16.0. The highest BCUT2D eigenvalue weighted by Crippen LogP contribution is 2.35. The molecule has 4 rings (SSSR count). The Morgan fingerprint density at radius 1 is 1.20 bits per heavy atom. The zero-order valence-corrected chi connectivity index (χ0v) is 21.9. The zero-order chi connectivity index (χ0) is 24.9. The van der Waals surface area contributed by atoms with Crippen LogP contribution in [0.2, 0.25) is 5.02 Å². The van der Waals surface area contributed by atoms with E-state index >= 15 is 0 Å². The molecule has 2 heterocycles. The van der Waals surface area contributed by atoms with Gasteiger partial charge in [0.15, 0.2) is 5.17 Å². The molecule has 180 valence electrons. The van der Waals surface area contributed by atoms with Crippen LogP contribution in [0.25, 0.3) is 17.4 Å². The highest BCUT2D eigenvalue weighted by molar-refractivity contribution is 9.10. The normalized spacial score (nSPS) is 15.9. The van der Waals surface area contributed by atoms with Gasteiger partial charge in [0.25, 0.3) is 5.91 Å². The number of hydrogen-bond acceptors (Lipinski definition) is 7. The van der Waals surface area contributed by atoms with Crippen molar-refractivity contribution in [3.05, 3.63) is 80.3 Å². The highest BCUT2D eigenvalue weighted by Gasteiger charge is 2.33. The maximum Gasteiger partial charge on any atom is 0.339 e. The van der Waals surface area contributed by atoms with Crippen LogP contribution in [-0.4, -0.2) is 49.3 Å². The number of benzene rings is 2. The van der Waals surface area contributed by atoms with Gasteiger partial charge in [-0.15, -0.1) is 0 Å². The molecule has 0 radical (unpaired) electrons. The van der Waals surface area contributed by atoms with E-state index < -0.39 is 5.97 Å². The number of aliphatic imine (C=N–C) groups is 1. The lowest BCUT2D eigenvalue weighted by molar-refractivity contribution is -0.122. The van der Waals surface area contributed by atoms with Gasteiger partial charge in [0.2, 0.25) is 0 Å². The number of ether oxygens (including phenoxy) is 2. The molecule has 1 aliphatic heterocycles. The summed E-state index contributed by atoms with van der Waals surface area (Å²) in [6.07, 6.45) is 1.68. The molecule has 35 heavy (non-hydrogen) atoms. The minimum absolute atomic E-state index is 0.182. The molecule has 0 bridgehead atoms. The molecule has 0 unspecified atom stereocenters. The molecular formula is C25H20BrClN2O5S. The molecule has 3 aromatic rings. The van der Waals surface area contributed by atoms with E-state index in [9.17, 15) is 9.59 Å². The van der Waals surface area contributed by atoms with Crippen molar-refractivity contribution in [1.29, 1.82) is 0 Å². The second-order valence-electron chi connectivity index (χ2n) is 7.32. The monoisotopic (exact) mass is 574 g/mol. The Hall–Kier alpha value is -2.85. The summed E-state index contributed by atoms with van der Waals surface area (Å²) < 4.78 is 16.8. The number of amidine groups is 1. The fourth-order valence-electron chi connectivity index (χ4n) is 3.29. The molecule has 0 N–H and O–H groups in total. The maximum atomic E-state index is 13.1. The van der Waals surface area contributed by atoms with E-state index in [1.54, 1.807) is 48.4 Å². The van der Waals surface area contributed by atoms with Crippen LogP contribution in [0.1, 0.15) is 16.1 Å². The molecule has 10 heteroatoms. The largest absolute Gasteiger partial charge is 0.465 e. The summed E-state index contributed by atoms with van der Waals surface area (Å²) in [5, 5.41) is 0.847. The first-order chi connectivity index (χ1) is 16.9. The minimum atomic E-state index is -0.535. The summed E-state index contributed by atoms with van der Waals surface area (Å²) in [7, 11) is 2.88. The van der Waals surface area contributed by atoms with Crippen LogP contribution in [0.4, 0.5) is 5.69 Å². The summed E-state index contributed by atoms with van der Waals surface area (Å²) in [4.78, 5) is 31.8. The van der Waals surface area contributed by atoms with Gasteiger partial charge < -0.3 is 13.9 Å². The molecular weight excluding hydrogens is 556 g/mol. The quantitative estimate of drug-likeness (QED) is 0.240. The van der Waals surface area contributed by atoms with Crippen LogP contribution in [-0.2, 0) is 14.3 Å². The van der Waals surface area contributed by atoms with Gasteiger partial charge in [-0.25, -0.2) is 9.79 Å². The van der Waals surface area contributed by atoms with E-state index in [1.165, 1.54) is 18.9 Å². The molecule has 1 amide bonds. The predicted octanol–water partition coefficient (Wildman–Crippen LogP) is 6.40. The molecule has 0 atom stereocenters. The molecule has 1 saturated heterocycles. The molecule has 1 aromatic heterocycles. The van der Waals surface area contributed by atoms with E-state index in [-0.39, 0.29) is 16.5 Å². The Balaban J connectivity index is 1.62. The molecule has 2 aromatic carbocycles. The number of rotatable bonds is 7. The topological polar surface area (TPSA) is 81.3 Å². The molecule has 0 spiro atoms. The van der Waals surface area contributed by atoms with Gasteiger partial charge in [-0.2, -0.15) is 0 Å². The molecule has 1 aliphatic rings. The Kier molecular flexibility index (Phi) is 8.12. The second kappa shape index (κ2) is 11.3. The number of hydrogen-bond donors (Lipinski definition) is 0. The van der Waals surface area contributed by atoms with Gasteiger partial charge in [-0.05, 0) is 60.3 Å². The van der Waals surface area contributed by atoms with E-state index in [0.717, 1.165) is 10.2 Å². The number of methoxy groups -OCH3 is 2. The Labute approximate surface area is 219 Å². The highest BCUT2D eigenvalue weighted by atomic mass is 79.9. The maximum absolute atomic E-state index is 13.1. The van der Waals surface area contributed by atoms with Gasteiger partial charge >= 0.3 is 5.97 Å². The van der Waals surface area contributed by atoms with Crippen molar-refractivity contribution >= 4 is 68.1 Å². The number of nitrogens with zero attached hydrogens (tertiary/aromatic N) is 2. The van der Waals surface area contributed by atoms with E-state index in [2.05, 4.69) is 20.9 Å². The average molecular weight is 576 g/mol. The third kappa shape index (κ3) is 5.87. The van der Waals surface area contributed by atoms with E-state index in [0.29, 0.717) is 40.3 Å². The van der Waals surface area contributed by atoms with Gasteiger partial charge in [0.1, 0.15) is 11.5 Å². The van der Waals surface area contributed by atoms with Gasteiger partial charge in [-0.1, -0.05) is 33.6 Å². The lowest BCUT2D eigenvalue weighted by Gasteiger charge is -2.14.